The van der Waals surface area contributed by atoms with Crippen LogP contribution in [-0.2, 0) is 0 Å². The van der Waals surface area contributed by atoms with Crippen LogP contribution in [0.3, 0.4) is 0 Å². The van der Waals surface area contributed by atoms with Gasteiger partial charge in [-0.3, -0.25) is 0 Å². The van der Waals surface area contributed by atoms with Crippen LogP contribution >= 0.6 is 0 Å². The molecule has 2 nitrogen and oxygen atoms in total. The van der Waals surface area contributed by atoms with E-state index >= 15 is 0 Å². The maximum atomic E-state index is 6.18. The second-order valence-electron chi connectivity index (χ2n) is 6.57. The SMILES string of the molecule is CC(C)C1CCCN(CCC(N)C2CC2)CC1. The third kappa shape index (κ3) is 4.26. The number of nitrogens with two attached hydrogens (primary N) is 1. The van der Waals surface area contributed by atoms with Crippen molar-refractivity contribution in [2.45, 2.75) is 58.4 Å². The first-order valence-electron chi connectivity index (χ1n) is 7.64. The average molecular weight is 238 g/mol. The van der Waals surface area contributed by atoms with Crippen LogP contribution in [0.25, 0.3) is 0 Å². The second kappa shape index (κ2) is 6.19. The van der Waals surface area contributed by atoms with Gasteiger partial charge in [0.15, 0.2) is 0 Å². The molecule has 2 rings (SSSR count). The van der Waals surface area contributed by atoms with E-state index in [0.29, 0.717) is 6.04 Å². The van der Waals surface area contributed by atoms with Gasteiger partial charge in [-0.15, -0.1) is 0 Å². The van der Waals surface area contributed by atoms with Crippen molar-refractivity contribution in [2.75, 3.05) is 19.6 Å². The summed E-state index contributed by atoms with van der Waals surface area (Å²) in [5, 5.41) is 0. The molecule has 1 saturated carbocycles. The Morgan fingerprint density at radius 2 is 1.82 bits per heavy atom. The van der Waals surface area contributed by atoms with Crippen molar-refractivity contribution in [3.05, 3.63) is 0 Å². The van der Waals surface area contributed by atoms with E-state index in [4.69, 9.17) is 5.73 Å². The lowest BCUT2D eigenvalue weighted by molar-refractivity contribution is 0.259. The van der Waals surface area contributed by atoms with Gasteiger partial charge in [-0.05, 0) is 75.9 Å². The Morgan fingerprint density at radius 3 is 2.47 bits per heavy atom. The molecule has 0 aromatic carbocycles. The lowest BCUT2D eigenvalue weighted by atomic mass is 9.89. The highest BCUT2D eigenvalue weighted by Crippen LogP contribution is 2.33. The molecular formula is C15H30N2. The van der Waals surface area contributed by atoms with Crippen LogP contribution in [-0.4, -0.2) is 30.6 Å². The lowest BCUT2D eigenvalue weighted by Crippen LogP contribution is -2.32. The molecule has 1 aliphatic carbocycles. The fourth-order valence-electron chi connectivity index (χ4n) is 3.16. The van der Waals surface area contributed by atoms with Crippen molar-refractivity contribution < 1.29 is 0 Å². The quantitative estimate of drug-likeness (QED) is 0.798. The minimum Gasteiger partial charge on any atom is -0.327 e. The van der Waals surface area contributed by atoms with Gasteiger partial charge in [0.25, 0.3) is 0 Å². The molecule has 2 aliphatic rings. The van der Waals surface area contributed by atoms with Gasteiger partial charge in [-0.2, -0.15) is 0 Å². The highest BCUT2D eigenvalue weighted by atomic mass is 15.1. The lowest BCUT2D eigenvalue weighted by Gasteiger charge is -2.22. The van der Waals surface area contributed by atoms with Crippen LogP contribution in [0.5, 0.6) is 0 Å². The number of hydrogen-bond acceptors (Lipinski definition) is 2. The number of hydrogen-bond donors (Lipinski definition) is 1. The van der Waals surface area contributed by atoms with Crippen LogP contribution in [0.15, 0.2) is 0 Å². The van der Waals surface area contributed by atoms with Crippen molar-refractivity contribution in [3.8, 4) is 0 Å². The van der Waals surface area contributed by atoms with Crippen molar-refractivity contribution >= 4 is 0 Å². The predicted molar refractivity (Wildman–Crippen MR) is 73.9 cm³/mol. The number of nitrogens with zero attached hydrogens (tertiary/aromatic N) is 1. The van der Waals surface area contributed by atoms with Gasteiger partial charge in [0, 0.05) is 6.04 Å². The van der Waals surface area contributed by atoms with Crippen LogP contribution in [0.1, 0.15) is 52.4 Å². The van der Waals surface area contributed by atoms with Crippen molar-refractivity contribution in [2.24, 2.45) is 23.5 Å². The molecule has 0 aromatic heterocycles. The highest BCUT2D eigenvalue weighted by Gasteiger charge is 2.28. The second-order valence-corrected chi connectivity index (χ2v) is 6.57. The molecule has 2 unspecified atom stereocenters. The van der Waals surface area contributed by atoms with E-state index in [2.05, 4.69) is 18.7 Å². The molecule has 1 aliphatic heterocycles. The maximum Gasteiger partial charge on any atom is 0.00793 e. The summed E-state index contributed by atoms with van der Waals surface area (Å²) in [6.07, 6.45) is 8.21. The van der Waals surface area contributed by atoms with Crippen LogP contribution < -0.4 is 5.73 Å². The summed E-state index contributed by atoms with van der Waals surface area (Å²) in [6.45, 7) is 8.61. The van der Waals surface area contributed by atoms with E-state index in [1.165, 1.54) is 58.2 Å². The smallest absolute Gasteiger partial charge is 0.00793 e. The minimum atomic E-state index is 0.485. The average Bonchev–Trinajstić information content (AvgIpc) is 3.12. The molecule has 1 heterocycles. The zero-order valence-electron chi connectivity index (χ0n) is 11.7. The van der Waals surface area contributed by atoms with Crippen molar-refractivity contribution in [1.82, 2.24) is 4.90 Å². The largest absolute Gasteiger partial charge is 0.327 e. The predicted octanol–water partition coefficient (Wildman–Crippen LogP) is 2.87. The van der Waals surface area contributed by atoms with Crippen molar-refractivity contribution in [1.29, 1.82) is 0 Å². The van der Waals surface area contributed by atoms with Gasteiger partial charge in [-0.1, -0.05) is 13.8 Å². The van der Waals surface area contributed by atoms with Gasteiger partial charge in [0.2, 0.25) is 0 Å². The zero-order chi connectivity index (χ0) is 12.3. The standard InChI is InChI=1S/C15H30N2/c1-12(2)13-4-3-9-17(10-7-13)11-8-15(16)14-5-6-14/h12-15H,3-11,16H2,1-2H3. The first-order valence-corrected chi connectivity index (χ1v) is 7.64. The Balaban J connectivity index is 1.67. The molecule has 0 aromatic rings. The van der Waals surface area contributed by atoms with Gasteiger partial charge < -0.3 is 10.6 Å². The topological polar surface area (TPSA) is 29.3 Å². The normalized spacial score (nSPS) is 29.3. The summed E-state index contributed by atoms with van der Waals surface area (Å²) in [5.74, 6) is 2.69. The summed E-state index contributed by atoms with van der Waals surface area (Å²) in [5.41, 5.74) is 6.18. The fourth-order valence-corrected chi connectivity index (χ4v) is 3.16. The Labute approximate surface area is 107 Å². The summed E-state index contributed by atoms with van der Waals surface area (Å²) < 4.78 is 0. The molecule has 17 heavy (non-hydrogen) atoms. The molecule has 2 fully saturated rings. The number of rotatable bonds is 5. The molecule has 100 valence electrons. The first kappa shape index (κ1) is 13.4. The van der Waals surface area contributed by atoms with E-state index in [0.717, 1.165) is 17.8 Å². The molecule has 2 N–H and O–H groups in total. The van der Waals surface area contributed by atoms with E-state index < -0.39 is 0 Å². The molecule has 0 spiro atoms. The van der Waals surface area contributed by atoms with Gasteiger partial charge in [0.05, 0.1) is 0 Å². The minimum absolute atomic E-state index is 0.485. The summed E-state index contributed by atoms with van der Waals surface area (Å²) in [7, 11) is 0. The van der Waals surface area contributed by atoms with Gasteiger partial charge in [0.1, 0.15) is 0 Å². The van der Waals surface area contributed by atoms with Gasteiger partial charge in [-0.25, -0.2) is 0 Å². The monoisotopic (exact) mass is 238 g/mol. The summed E-state index contributed by atoms with van der Waals surface area (Å²) in [6, 6.07) is 0.485. The third-order valence-corrected chi connectivity index (χ3v) is 4.81. The van der Waals surface area contributed by atoms with Crippen LogP contribution in [0.2, 0.25) is 0 Å². The first-order chi connectivity index (χ1) is 8.16. The third-order valence-electron chi connectivity index (χ3n) is 4.81. The van der Waals surface area contributed by atoms with E-state index in [9.17, 15) is 0 Å². The molecule has 0 amide bonds. The maximum absolute atomic E-state index is 6.18. The Hall–Kier alpha value is -0.0800. The number of likely N-dealkylation sites (tertiary alicyclic amines) is 1. The highest BCUT2D eigenvalue weighted by molar-refractivity contribution is 4.84. The zero-order valence-corrected chi connectivity index (χ0v) is 11.7. The summed E-state index contributed by atoms with van der Waals surface area (Å²) in [4.78, 5) is 2.66. The van der Waals surface area contributed by atoms with Gasteiger partial charge >= 0.3 is 0 Å². The van der Waals surface area contributed by atoms with E-state index in [-0.39, 0.29) is 0 Å². The Morgan fingerprint density at radius 1 is 1.06 bits per heavy atom. The fraction of sp³-hybridized carbons (Fsp3) is 1.00. The van der Waals surface area contributed by atoms with Crippen LogP contribution in [0, 0.1) is 17.8 Å². The molecule has 0 bridgehead atoms. The molecule has 2 heteroatoms. The Kier molecular flexibility index (Phi) is 4.87. The molecule has 1 saturated heterocycles. The Bertz CT molecular complexity index is 223. The molecule has 2 atom stereocenters. The van der Waals surface area contributed by atoms with E-state index in [1.807, 2.05) is 0 Å². The summed E-state index contributed by atoms with van der Waals surface area (Å²) >= 11 is 0. The van der Waals surface area contributed by atoms with Crippen molar-refractivity contribution in [3.63, 3.8) is 0 Å². The van der Waals surface area contributed by atoms with Crippen LogP contribution in [0.4, 0.5) is 0 Å². The molecular weight excluding hydrogens is 208 g/mol. The molecule has 0 radical (unpaired) electrons. The van der Waals surface area contributed by atoms with E-state index in [1.54, 1.807) is 0 Å².